The number of nitrogens with one attached hydrogen (secondary N) is 1. The minimum atomic E-state index is -0.292. The summed E-state index contributed by atoms with van der Waals surface area (Å²) in [7, 11) is 3.21. The predicted molar refractivity (Wildman–Crippen MR) is 73.0 cm³/mol. The minimum absolute atomic E-state index is 0.292. The predicted octanol–water partition coefficient (Wildman–Crippen LogP) is 2.92. The maximum Gasteiger partial charge on any atom is 0.173 e. The molecule has 0 unspecified atom stereocenters. The van der Waals surface area contributed by atoms with Crippen LogP contribution in [0.25, 0.3) is 10.9 Å². The summed E-state index contributed by atoms with van der Waals surface area (Å²) in [5, 5.41) is 4.87. The third kappa shape index (κ3) is 2.72. The van der Waals surface area contributed by atoms with Crippen LogP contribution >= 0.6 is 11.6 Å². The molecule has 0 saturated carbocycles. The van der Waals surface area contributed by atoms with Gasteiger partial charge in [-0.2, -0.15) is 0 Å². The Kier molecular flexibility index (Phi) is 4.36. The second kappa shape index (κ2) is 6.00. The summed E-state index contributed by atoms with van der Waals surface area (Å²) in [6.07, 6.45) is 1.45. The lowest BCUT2D eigenvalue weighted by Gasteiger charge is -2.16. The number of methoxy groups -OCH3 is 2. The molecule has 4 nitrogen and oxygen atoms in total. The van der Waals surface area contributed by atoms with Crippen molar-refractivity contribution >= 4 is 28.2 Å². The van der Waals surface area contributed by atoms with Gasteiger partial charge in [0.05, 0.1) is 22.8 Å². The van der Waals surface area contributed by atoms with E-state index >= 15 is 0 Å². The standard InChI is InChI=1S/C13H15ClN2O2/c1-17-12(18-2)8-16-11-6-5-10(14)9-4-3-7-15-13(9)11/h3-7,12,16H,8H2,1-2H3. The Bertz CT molecular complexity index is 529. The summed E-state index contributed by atoms with van der Waals surface area (Å²) in [5.41, 5.74) is 1.75. The van der Waals surface area contributed by atoms with Gasteiger partial charge in [-0.3, -0.25) is 4.98 Å². The van der Waals surface area contributed by atoms with Gasteiger partial charge in [-0.15, -0.1) is 0 Å². The number of aromatic nitrogens is 1. The van der Waals surface area contributed by atoms with Gasteiger partial charge in [-0.25, -0.2) is 0 Å². The molecule has 1 aromatic carbocycles. The van der Waals surface area contributed by atoms with E-state index in [-0.39, 0.29) is 6.29 Å². The van der Waals surface area contributed by atoms with Crippen molar-refractivity contribution in [2.24, 2.45) is 0 Å². The average Bonchev–Trinajstić information content (AvgIpc) is 2.42. The number of hydrogen-bond acceptors (Lipinski definition) is 4. The molecule has 0 atom stereocenters. The molecule has 0 spiro atoms. The number of ether oxygens (including phenoxy) is 2. The Morgan fingerprint density at radius 3 is 2.78 bits per heavy atom. The summed E-state index contributed by atoms with van der Waals surface area (Å²) >= 11 is 6.13. The molecular weight excluding hydrogens is 252 g/mol. The zero-order valence-electron chi connectivity index (χ0n) is 10.3. The van der Waals surface area contributed by atoms with Crippen LogP contribution in [-0.4, -0.2) is 32.0 Å². The van der Waals surface area contributed by atoms with Crippen molar-refractivity contribution in [2.75, 3.05) is 26.1 Å². The van der Waals surface area contributed by atoms with E-state index < -0.39 is 0 Å². The highest BCUT2D eigenvalue weighted by Gasteiger charge is 2.08. The van der Waals surface area contributed by atoms with Crippen LogP contribution < -0.4 is 5.32 Å². The third-order valence-electron chi connectivity index (χ3n) is 2.70. The van der Waals surface area contributed by atoms with Gasteiger partial charge in [0, 0.05) is 25.8 Å². The highest BCUT2D eigenvalue weighted by molar-refractivity contribution is 6.35. The summed E-state index contributed by atoms with van der Waals surface area (Å²) in [6.45, 7) is 0.542. The van der Waals surface area contributed by atoms with Gasteiger partial charge in [-0.1, -0.05) is 11.6 Å². The normalized spacial score (nSPS) is 11.1. The molecule has 0 radical (unpaired) electrons. The minimum Gasteiger partial charge on any atom is -0.378 e. The zero-order chi connectivity index (χ0) is 13.0. The number of fused-ring (bicyclic) bond motifs is 1. The molecule has 0 aliphatic heterocycles. The van der Waals surface area contributed by atoms with E-state index in [0.717, 1.165) is 16.6 Å². The van der Waals surface area contributed by atoms with E-state index in [9.17, 15) is 0 Å². The molecule has 0 aliphatic rings. The number of pyridine rings is 1. The number of rotatable bonds is 5. The fourth-order valence-electron chi connectivity index (χ4n) is 1.74. The first-order valence-electron chi connectivity index (χ1n) is 5.59. The van der Waals surface area contributed by atoms with Crippen molar-refractivity contribution in [1.82, 2.24) is 4.98 Å². The van der Waals surface area contributed by atoms with Gasteiger partial charge >= 0.3 is 0 Å². The van der Waals surface area contributed by atoms with Crippen molar-refractivity contribution in [3.05, 3.63) is 35.5 Å². The molecular formula is C13H15ClN2O2. The Hall–Kier alpha value is -1.36. The number of benzene rings is 1. The topological polar surface area (TPSA) is 43.4 Å². The average molecular weight is 267 g/mol. The van der Waals surface area contributed by atoms with Crippen LogP contribution in [0.15, 0.2) is 30.5 Å². The van der Waals surface area contributed by atoms with Gasteiger partial charge in [-0.05, 0) is 24.3 Å². The molecule has 1 N–H and O–H groups in total. The maximum absolute atomic E-state index is 6.13. The molecule has 0 fully saturated rings. The summed E-state index contributed by atoms with van der Waals surface area (Å²) in [5.74, 6) is 0. The second-order valence-corrected chi connectivity index (χ2v) is 4.18. The lowest BCUT2D eigenvalue weighted by Crippen LogP contribution is -2.23. The molecule has 0 saturated heterocycles. The molecule has 2 aromatic rings. The van der Waals surface area contributed by atoms with E-state index in [0.29, 0.717) is 11.6 Å². The van der Waals surface area contributed by atoms with Gasteiger partial charge in [0.15, 0.2) is 6.29 Å². The van der Waals surface area contributed by atoms with Crippen LogP contribution in [0.5, 0.6) is 0 Å². The number of hydrogen-bond donors (Lipinski definition) is 1. The molecule has 0 bridgehead atoms. The summed E-state index contributed by atoms with van der Waals surface area (Å²) < 4.78 is 10.3. The molecule has 0 amide bonds. The van der Waals surface area contributed by atoms with Crippen molar-refractivity contribution in [2.45, 2.75) is 6.29 Å². The molecule has 0 aliphatic carbocycles. The van der Waals surface area contributed by atoms with Crippen molar-refractivity contribution < 1.29 is 9.47 Å². The summed E-state index contributed by atoms with van der Waals surface area (Å²) in [6, 6.07) is 7.56. The number of anilines is 1. The van der Waals surface area contributed by atoms with E-state index in [1.807, 2.05) is 24.3 Å². The van der Waals surface area contributed by atoms with E-state index in [4.69, 9.17) is 21.1 Å². The number of nitrogens with zero attached hydrogens (tertiary/aromatic N) is 1. The fraction of sp³-hybridized carbons (Fsp3) is 0.308. The van der Waals surface area contributed by atoms with Crippen LogP contribution in [0.4, 0.5) is 5.69 Å². The first kappa shape index (κ1) is 13.1. The second-order valence-electron chi connectivity index (χ2n) is 3.78. The maximum atomic E-state index is 6.13. The summed E-state index contributed by atoms with van der Waals surface area (Å²) in [4.78, 5) is 4.34. The molecule has 18 heavy (non-hydrogen) atoms. The Morgan fingerprint density at radius 1 is 1.28 bits per heavy atom. The van der Waals surface area contributed by atoms with Crippen molar-refractivity contribution in [3.8, 4) is 0 Å². The lowest BCUT2D eigenvalue weighted by molar-refractivity contribution is -0.0913. The van der Waals surface area contributed by atoms with E-state index in [1.165, 1.54) is 0 Å². The molecule has 1 aromatic heterocycles. The molecule has 96 valence electrons. The van der Waals surface area contributed by atoms with Crippen LogP contribution in [0.1, 0.15) is 0 Å². The van der Waals surface area contributed by atoms with Gasteiger partial charge < -0.3 is 14.8 Å². The van der Waals surface area contributed by atoms with Crippen LogP contribution in [0, 0.1) is 0 Å². The highest BCUT2D eigenvalue weighted by atomic mass is 35.5. The van der Waals surface area contributed by atoms with Crippen molar-refractivity contribution in [3.63, 3.8) is 0 Å². The molecule has 2 rings (SSSR count). The quantitative estimate of drug-likeness (QED) is 0.845. The zero-order valence-corrected chi connectivity index (χ0v) is 11.1. The van der Waals surface area contributed by atoms with E-state index in [1.54, 1.807) is 20.4 Å². The van der Waals surface area contributed by atoms with E-state index in [2.05, 4.69) is 10.3 Å². The van der Waals surface area contributed by atoms with Crippen molar-refractivity contribution in [1.29, 1.82) is 0 Å². The highest BCUT2D eigenvalue weighted by Crippen LogP contribution is 2.27. The largest absolute Gasteiger partial charge is 0.378 e. The first-order chi connectivity index (χ1) is 8.76. The van der Waals surface area contributed by atoms with Crippen LogP contribution in [0.3, 0.4) is 0 Å². The van der Waals surface area contributed by atoms with Crippen LogP contribution in [0.2, 0.25) is 5.02 Å². The fourth-order valence-corrected chi connectivity index (χ4v) is 1.95. The SMILES string of the molecule is COC(CNc1ccc(Cl)c2cccnc12)OC. The molecule has 1 heterocycles. The smallest absolute Gasteiger partial charge is 0.173 e. The number of halogens is 1. The Balaban J connectivity index is 2.26. The third-order valence-corrected chi connectivity index (χ3v) is 3.03. The Morgan fingerprint density at radius 2 is 2.06 bits per heavy atom. The molecule has 5 heteroatoms. The van der Waals surface area contributed by atoms with Gasteiger partial charge in [0.2, 0.25) is 0 Å². The Labute approximate surface area is 111 Å². The monoisotopic (exact) mass is 266 g/mol. The van der Waals surface area contributed by atoms with Gasteiger partial charge in [0.1, 0.15) is 0 Å². The van der Waals surface area contributed by atoms with Gasteiger partial charge in [0.25, 0.3) is 0 Å². The first-order valence-corrected chi connectivity index (χ1v) is 5.96. The van der Waals surface area contributed by atoms with Crippen LogP contribution in [-0.2, 0) is 9.47 Å². The lowest BCUT2D eigenvalue weighted by atomic mass is 10.2.